The highest BCUT2D eigenvalue weighted by molar-refractivity contribution is 14.1. The second-order valence-corrected chi connectivity index (χ2v) is 18.4. The number of benzene rings is 10. The Bertz CT molecular complexity index is 4240. The Morgan fingerprint density at radius 3 is 1.44 bits per heavy atom. The Hall–Kier alpha value is -6.62. The zero-order valence-corrected chi connectivity index (χ0v) is 37.3. The van der Waals surface area contributed by atoms with Crippen LogP contribution in [-0.2, 0) is 0 Å². The van der Waals surface area contributed by atoms with Crippen molar-refractivity contribution in [1.82, 2.24) is 14.7 Å². The first-order chi connectivity index (χ1) is 30.6. The van der Waals surface area contributed by atoms with Gasteiger partial charge in [0.05, 0.1) is 89.9 Å². The summed E-state index contributed by atoms with van der Waals surface area (Å²) in [6.45, 7) is 0. The molecule has 290 valence electrons. The minimum Gasteiger partial charge on any atom is -0.309 e. The summed E-state index contributed by atoms with van der Waals surface area (Å²) in [5.41, 5.74) is 14.5. The molecule has 0 amide bonds. The van der Waals surface area contributed by atoms with Crippen molar-refractivity contribution in [3.05, 3.63) is 194 Å². The molecule has 4 nitrogen and oxygen atoms in total. The molecule has 14 rings (SSSR count). The van der Waals surface area contributed by atoms with E-state index in [1.807, 2.05) is 0 Å². The van der Waals surface area contributed by atoms with E-state index < -0.39 is 0 Å². The monoisotopic (exact) mass is 1010 g/mol. The van der Waals surface area contributed by atoms with E-state index in [0.717, 1.165) is 5.69 Å². The summed E-state index contributed by atoms with van der Waals surface area (Å²) in [5.74, 6) is 0. The first-order valence-corrected chi connectivity index (χ1v) is 22.8. The molecule has 10 aromatic carbocycles. The zero-order valence-electron chi connectivity index (χ0n) is 33.0. The largest absolute Gasteiger partial charge is 0.309 e. The third kappa shape index (κ3) is 4.65. The Kier molecular flexibility index (Phi) is 7.32. The molecule has 0 unspecified atom stereocenters. The standard InChI is InChI=1S/C56H32I2N4/c57-61-50-20-9-6-17-47(50)53-40-23-24-41-38-16-5-8-19-49(38)60(54(41)44(40)29-30-51(53)61)36-14-10-11-33(31-36)34-21-22-39-43-26-27-45-46(56(43)62(58)52(39)32-34)28-25-42-37-15-4-7-18-48(37)59(55(42)45)35-12-2-1-3-13-35/h1-32H. The topological polar surface area (TPSA) is 19.7 Å². The van der Waals surface area contributed by atoms with Crippen LogP contribution in [0.2, 0.25) is 0 Å². The first kappa shape index (κ1) is 35.0. The van der Waals surface area contributed by atoms with E-state index in [2.05, 4.69) is 255 Å². The second-order valence-electron chi connectivity index (χ2n) is 16.4. The molecule has 0 aliphatic carbocycles. The molecule has 14 aromatic rings. The molecule has 4 heterocycles. The fraction of sp³-hybridized carbons (Fsp3) is 0. The highest BCUT2D eigenvalue weighted by atomic mass is 127. The molecule has 0 aliphatic heterocycles. The van der Waals surface area contributed by atoms with Crippen molar-refractivity contribution in [2.45, 2.75) is 0 Å². The van der Waals surface area contributed by atoms with Crippen LogP contribution in [0.25, 0.3) is 131 Å². The number of halogens is 2. The predicted octanol–water partition coefficient (Wildman–Crippen LogP) is 16.5. The van der Waals surface area contributed by atoms with Crippen molar-refractivity contribution in [2.24, 2.45) is 0 Å². The number of nitrogens with zero attached hydrogens (tertiary/aromatic N) is 4. The first-order valence-electron chi connectivity index (χ1n) is 20.9. The number of para-hydroxylation sites is 4. The Morgan fingerprint density at radius 2 is 0.726 bits per heavy atom. The Balaban J connectivity index is 0.971. The lowest BCUT2D eigenvalue weighted by Crippen LogP contribution is -1.95. The fourth-order valence-corrected chi connectivity index (χ4v) is 12.5. The van der Waals surface area contributed by atoms with Gasteiger partial charge in [0.15, 0.2) is 0 Å². The van der Waals surface area contributed by atoms with Gasteiger partial charge < -0.3 is 9.13 Å². The summed E-state index contributed by atoms with van der Waals surface area (Å²) >= 11 is 4.98. The molecule has 0 N–H and O–H groups in total. The van der Waals surface area contributed by atoms with Gasteiger partial charge in [0.1, 0.15) is 0 Å². The molecule has 0 aliphatic rings. The lowest BCUT2D eigenvalue weighted by Gasteiger charge is -2.12. The van der Waals surface area contributed by atoms with Crippen LogP contribution in [0, 0.1) is 0 Å². The van der Waals surface area contributed by atoms with Crippen LogP contribution in [0.4, 0.5) is 0 Å². The number of hydrogen-bond acceptors (Lipinski definition) is 0. The summed E-state index contributed by atoms with van der Waals surface area (Å²) in [5, 5.41) is 15.2. The van der Waals surface area contributed by atoms with Crippen LogP contribution in [0.1, 0.15) is 0 Å². The molecule has 0 saturated heterocycles. The van der Waals surface area contributed by atoms with Crippen LogP contribution < -0.4 is 0 Å². The van der Waals surface area contributed by atoms with Gasteiger partial charge in [-0.2, -0.15) is 0 Å². The van der Waals surface area contributed by atoms with Gasteiger partial charge in [-0.15, -0.1) is 0 Å². The molecule has 0 radical (unpaired) electrons. The molecule has 6 heteroatoms. The van der Waals surface area contributed by atoms with Crippen molar-refractivity contribution < 1.29 is 0 Å². The number of fused-ring (bicyclic) bond motifs is 18. The van der Waals surface area contributed by atoms with Crippen molar-refractivity contribution in [3.8, 4) is 22.5 Å². The van der Waals surface area contributed by atoms with E-state index >= 15 is 0 Å². The molecule has 0 atom stereocenters. The van der Waals surface area contributed by atoms with Crippen LogP contribution in [-0.4, -0.2) is 14.7 Å². The number of rotatable bonds is 3. The summed E-state index contributed by atoms with van der Waals surface area (Å²) < 4.78 is 9.60. The van der Waals surface area contributed by atoms with Crippen molar-refractivity contribution in [1.29, 1.82) is 0 Å². The average molecular weight is 1010 g/mol. The Labute approximate surface area is 382 Å². The maximum Gasteiger partial charge on any atom is 0.0669 e. The zero-order chi connectivity index (χ0) is 40.8. The molecule has 62 heavy (non-hydrogen) atoms. The third-order valence-corrected chi connectivity index (χ3v) is 15.4. The fourth-order valence-electron chi connectivity index (χ4n) is 10.7. The lowest BCUT2D eigenvalue weighted by molar-refractivity contribution is 1.19. The van der Waals surface area contributed by atoms with E-state index in [4.69, 9.17) is 0 Å². The van der Waals surface area contributed by atoms with Gasteiger partial charge in [-0.3, -0.25) is 5.56 Å². The third-order valence-electron chi connectivity index (χ3n) is 13.4. The van der Waals surface area contributed by atoms with Crippen LogP contribution in [0.15, 0.2) is 194 Å². The quantitative estimate of drug-likeness (QED) is 0.157. The minimum atomic E-state index is 1.15. The van der Waals surface area contributed by atoms with Crippen LogP contribution in [0.3, 0.4) is 0 Å². The van der Waals surface area contributed by atoms with Gasteiger partial charge in [0, 0.05) is 70.6 Å². The van der Waals surface area contributed by atoms with Gasteiger partial charge in [-0.25, -0.2) is 0 Å². The van der Waals surface area contributed by atoms with Crippen LogP contribution >= 0.6 is 45.7 Å². The van der Waals surface area contributed by atoms with E-state index in [1.165, 1.54) is 126 Å². The van der Waals surface area contributed by atoms with Gasteiger partial charge in [-0.1, -0.05) is 140 Å². The van der Waals surface area contributed by atoms with E-state index in [1.54, 1.807) is 0 Å². The summed E-state index contributed by atoms with van der Waals surface area (Å²) in [6.07, 6.45) is 0. The molecule has 4 aromatic heterocycles. The van der Waals surface area contributed by atoms with Crippen molar-refractivity contribution in [3.63, 3.8) is 0 Å². The van der Waals surface area contributed by atoms with E-state index in [-0.39, 0.29) is 0 Å². The van der Waals surface area contributed by atoms with Crippen molar-refractivity contribution >= 4 is 154 Å². The van der Waals surface area contributed by atoms with Gasteiger partial charge in [-0.05, 0) is 71.1 Å². The summed E-state index contributed by atoms with van der Waals surface area (Å²) in [4.78, 5) is 0. The van der Waals surface area contributed by atoms with Gasteiger partial charge >= 0.3 is 0 Å². The van der Waals surface area contributed by atoms with Crippen molar-refractivity contribution in [2.75, 3.05) is 0 Å². The lowest BCUT2D eigenvalue weighted by atomic mass is 10.0. The summed E-state index contributed by atoms with van der Waals surface area (Å²) in [6, 6.07) is 71.9. The maximum absolute atomic E-state index is 2.53. The summed E-state index contributed by atoms with van der Waals surface area (Å²) in [7, 11) is 0. The molecule has 0 saturated carbocycles. The SMILES string of the molecule is In1c2ccccc2c2c3ccc4c5ccccc5n(-c5cccc(-c6ccc7c8ccc9c(ccc%10c%11ccccc%11n(-c%11ccccc%11)c9%10)c8n(I)c7c6)c5)c4c3ccc21. The van der Waals surface area contributed by atoms with E-state index in [9.17, 15) is 0 Å². The molecule has 0 bridgehead atoms. The predicted molar refractivity (Wildman–Crippen MR) is 280 cm³/mol. The number of hydrogen-bond donors (Lipinski definition) is 0. The van der Waals surface area contributed by atoms with Gasteiger partial charge in [0.2, 0.25) is 0 Å². The van der Waals surface area contributed by atoms with E-state index in [0.29, 0.717) is 0 Å². The molecular formula is C56H32I2N4. The molecule has 0 fully saturated rings. The van der Waals surface area contributed by atoms with Crippen LogP contribution in [0.5, 0.6) is 0 Å². The average Bonchev–Trinajstić information content (AvgIpc) is 4.04. The maximum atomic E-state index is 2.53. The highest BCUT2D eigenvalue weighted by Crippen LogP contribution is 2.45. The molecular weight excluding hydrogens is 982 g/mol. The second kappa shape index (κ2) is 13.0. The highest BCUT2D eigenvalue weighted by Gasteiger charge is 2.21. The number of aromatic nitrogens is 4. The normalized spacial score (nSPS) is 12.4. The molecule has 0 spiro atoms. The Morgan fingerprint density at radius 1 is 0.258 bits per heavy atom. The van der Waals surface area contributed by atoms with Gasteiger partial charge in [0.25, 0.3) is 0 Å². The minimum absolute atomic E-state index is 1.15. The smallest absolute Gasteiger partial charge is 0.0669 e.